The van der Waals surface area contributed by atoms with E-state index in [4.69, 9.17) is 28.9 Å². The number of halogens is 2. The van der Waals surface area contributed by atoms with Crippen LogP contribution in [0.3, 0.4) is 0 Å². The minimum absolute atomic E-state index is 0.442. The molecule has 0 amide bonds. The molecule has 2 rings (SSSR count). The molecular weight excluding hydrogens is 283 g/mol. The zero-order valence-corrected chi connectivity index (χ0v) is 12.4. The monoisotopic (exact) mass is 302 g/mol. The second kappa shape index (κ2) is 6.21. The molecule has 106 valence electrons. The van der Waals surface area contributed by atoms with Crippen molar-refractivity contribution in [2.45, 2.75) is 44.1 Å². The highest BCUT2D eigenvalue weighted by atomic mass is 35.5. The maximum absolute atomic E-state index is 10.6. The highest BCUT2D eigenvalue weighted by Gasteiger charge is 2.27. The highest BCUT2D eigenvalue weighted by molar-refractivity contribution is 6.42. The van der Waals surface area contributed by atoms with E-state index in [1.165, 1.54) is 12.8 Å². The number of nitrogen functional groups attached to an aromatic ring is 1. The lowest BCUT2D eigenvalue weighted by atomic mass is 9.94. The van der Waals surface area contributed by atoms with Gasteiger partial charge in [0.15, 0.2) is 0 Å². The van der Waals surface area contributed by atoms with Crippen molar-refractivity contribution in [2.75, 3.05) is 17.6 Å². The average Bonchev–Trinajstić information content (AvgIpc) is 2.58. The number of rotatable bonds is 3. The molecule has 19 heavy (non-hydrogen) atoms. The molecule has 1 aromatic carbocycles. The van der Waals surface area contributed by atoms with Gasteiger partial charge in [0.25, 0.3) is 0 Å². The molecular formula is C14H20Cl2N2O. The number of benzene rings is 1. The topological polar surface area (TPSA) is 58.3 Å². The molecule has 1 aromatic rings. The van der Waals surface area contributed by atoms with Gasteiger partial charge in [-0.1, -0.05) is 48.9 Å². The van der Waals surface area contributed by atoms with Gasteiger partial charge in [-0.05, 0) is 25.0 Å². The number of hydrogen-bond acceptors (Lipinski definition) is 3. The first-order valence-electron chi connectivity index (χ1n) is 6.71. The van der Waals surface area contributed by atoms with Gasteiger partial charge in [0, 0.05) is 6.54 Å². The van der Waals surface area contributed by atoms with Crippen LogP contribution in [0.2, 0.25) is 10.0 Å². The number of nitrogens with one attached hydrogen (secondary N) is 1. The van der Waals surface area contributed by atoms with Gasteiger partial charge in [-0.3, -0.25) is 0 Å². The zero-order valence-electron chi connectivity index (χ0n) is 10.9. The van der Waals surface area contributed by atoms with Crippen molar-refractivity contribution >= 4 is 34.6 Å². The number of nitrogens with two attached hydrogens (primary N) is 1. The molecule has 0 unspecified atom stereocenters. The Hall–Kier alpha value is -0.640. The summed E-state index contributed by atoms with van der Waals surface area (Å²) < 4.78 is 0. The SMILES string of the molecule is Nc1cc(Cl)c(Cl)cc1NCC1(O)CCCCCC1. The second-order valence-electron chi connectivity index (χ2n) is 5.35. The van der Waals surface area contributed by atoms with E-state index in [0.717, 1.165) is 31.4 Å². The maximum atomic E-state index is 10.6. The highest BCUT2D eigenvalue weighted by Crippen LogP contribution is 2.32. The van der Waals surface area contributed by atoms with Gasteiger partial charge < -0.3 is 16.2 Å². The van der Waals surface area contributed by atoms with Crippen LogP contribution in [-0.4, -0.2) is 17.3 Å². The zero-order chi connectivity index (χ0) is 13.9. The lowest BCUT2D eigenvalue weighted by molar-refractivity contribution is 0.0381. The van der Waals surface area contributed by atoms with Crippen molar-refractivity contribution in [1.29, 1.82) is 0 Å². The molecule has 1 aliphatic rings. The van der Waals surface area contributed by atoms with Crippen LogP contribution in [0.4, 0.5) is 11.4 Å². The van der Waals surface area contributed by atoms with E-state index in [0.29, 0.717) is 22.3 Å². The Morgan fingerprint density at radius 3 is 2.32 bits per heavy atom. The summed E-state index contributed by atoms with van der Waals surface area (Å²) in [6, 6.07) is 3.34. The largest absolute Gasteiger partial charge is 0.397 e. The Balaban J connectivity index is 2.03. The molecule has 3 nitrogen and oxygen atoms in total. The van der Waals surface area contributed by atoms with Gasteiger partial charge in [0.05, 0.1) is 27.0 Å². The van der Waals surface area contributed by atoms with Crippen LogP contribution in [0.5, 0.6) is 0 Å². The van der Waals surface area contributed by atoms with Crippen molar-refractivity contribution in [1.82, 2.24) is 0 Å². The normalized spacial score (nSPS) is 18.9. The Labute approximate surface area is 124 Å². The molecule has 5 heteroatoms. The molecule has 0 atom stereocenters. The van der Waals surface area contributed by atoms with E-state index in [1.54, 1.807) is 12.1 Å². The third-order valence-electron chi connectivity index (χ3n) is 3.73. The van der Waals surface area contributed by atoms with Crippen molar-refractivity contribution in [3.05, 3.63) is 22.2 Å². The lowest BCUT2D eigenvalue weighted by Crippen LogP contribution is -2.36. The lowest BCUT2D eigenvalue weighted by Gasteiger charge is -2.27. The fourth-order valence-electron chi connectivity index (χ4n) is 2.54. The number of hydrogen-bond donors (Lipinski definition) is 3. The second-order valence-corrected chi connectivity index (χ2v) is 6.16. The quantitative estimate of drug-likeness (QED) is 0.582. The molecule has 1 aliphatic carbocycles. The maximum Gasteiger partial charge on any atom is 0.0819 e. The molecule has 1 saturated carbocycles. The van der Waals surface area contributed by atoms with Crippen LogP contribution >= 0.6 is 23.2 Å². The van der Waals surface area contributed by atoms with E-state index in [2.05, 4.69) is 5.32 Å². The average molecular weight is 303 g/mol. The Morgan fingerprint density at radius 1 is 1.11 bits per heavy atom. The minimum atomic E-state index is -0.644. The van der Waals surface area contributed by atoms with Gasteiger partial charge in [-0.15, -0.1) is 0 Å². The summed E-state index contributed by atoms with van der Waals surface area (Å²) >= 11 is 11.9. The molecule has 4 N–H and O–H groups in total. The molecule has 0 spiro atoms. The van der Waals surface area contributed by atoms with Crippen LogP contribution < -0.4 is 11.1 Å². The summed E-state index contributed by atoms with van der Waals surface area (Å²) in [5, 5.41) is 14.7. The molecule has 0 aromatic heterocycles. The number of anilines is 2. The van der Waals surface area contributed by atoms with Crippen molar-refractivity contribution in [3.63, 3.8) is 0 Å². The molecule has 0 heterocycles. The summed E-state index contributed by atoms with van der Waals surface area (Å²) in [6.45, 7) is 0.495. The molecule has 0 bridgehead atoms. The smallest absolute Gasteiger partial charge is 0.0819 e. The van der Waals surface area contributed by atoms with E-state index in [1.807, 2.05) is 0 Å². The summed E-state index contributed by atoms with van der Waals surface area (Å²) in [5.74, 6) is 0. The molecule has 1 fully saturated rings. The number of aliphatic hydroxyl groups is 1. The van der Waals surface area contributed by atoms with E-state index < -0.39 is 5.60 Å². The predicted molar refractivity (Wildman–Crippen MR) is 82.0 cm³/mol. The predicted octanol–water partition coefficient (Wildman–Crippen LogP) is 4.07. The summed E-state index contributed by atoms with van der Waals surface area (Å²) in [5.41, 5.74) is 6.53. The van der Waals surface area contributed by atoms with Gasteiger partial charge in [-0.25, -0.2) is 0 Å². The van der Waals surface area contributed by atoms with Crippen LogP contribution in [-0.2, 0) is 0 Å². The Kier molecular flexibility index (Phi) is 4.82. The standard InChI is InChI=1S/C14H20Cl2N2O/c15-10-7-12(17)13(8-11(10)16)18-9-14(19)5-3-1-2-4-6-14/h7-8,18-19H,1-6,9,17H2. The van der Waals surface area contributed by atoms with Crippen LogP contribution in [0.25, 0.3) is 0 Å². The fraction of sp³-hybridized carbons (Fsp3) is 0.571. The Bertz CT molecular complexity index is 443. The molecule has 0 aliphatic heterocycles. The van der Waals surface area contributed by atoms with Gasteiger partial charge in [0.1, 0.15) is 0 Å². The van der Waals surface area contributed by atoms with Crippen molar-refractivity contribution in [2.24, 2.45) is 0 Å². The third kappa shape index (κ3) is 3.91. The van der Waals surface area contributed by atoms with E-state index >= 15 is 0 Å². The van der Waals surface area contributed by atoms with Crippen LogP contribution in [0.15, 0.2) is 12.1 Å². The van der Waals surface area contributed by atoms with Gasteiger partial charge in [-0.2, -0.15) is 0 Å². The first kappa shape index (κ1) is 14.8. The fourth-order valence-corrected chi connectivity index (χ4v) is 2.87. The first-order valence-corrected chi connectivity index (χ1v) is 7.47. The minimum Gasteiger partial charge on any atom is -0.397 e. The Morgan fingerprint density at radius 2 is 1.68 bits per heavy atom. The van der Waals surface area contributed by atoms with Crippen molar-refractivity contribution in [3.8, 4) is 0 Å². The van der Waals surface area contributed by atoms with E-state index in [-0.39, 0.29) is 0 Å². The van der Waals surface area contributed by atoms with Crippen LogP contribution in [0.1, 0.15) is 38.5 Å². The third-order valence-corrected chi connectivity index (χ3v) is 4.46. The summed E-state index contributed by atoms with van der Waals surface area (Å²) in [6.07, 6.45) is 6.24. The van der Waals surface area contributed by atoms with E-state index in [9.17, 15) is 5.11 Å². The molecule has 0 radical (unpaired) electrons. The summed E-state index contributed by atoms with van der Waals surface area (Å²) in [7, 11) is 0. The van der Waals surface area contributed by atoms with Crippen LogP contribution in [0, 0.1) is 0 Å². The van der Waals surface area contributed by atoms with Gasteiger partial charge >= 0.3 is 0 Å². The van der Waals surface area contributed by atoms with Crippen molar-refractivity contribution < 1.29 is 5.11 Å². The molecule has 0 saturated heterocycles. The first-order chi connectivity index (χ1) is 9.00. The van der Waals surface area contributed by atoms with Gasteiger partial charge in [0.2, 0.25) is 0 Å². The summed E-state index contributed by atoms with van der Waals surface area (Å²) in [4.78, 5) is 0.